The minimum atomic E-state index is -4.25. The van der Waals surface area contributed by atoms with Crippen LogP contribution in [0.25, 0.3) is 11.0 Å². The fraction of sp³-hybridized carbons (Fsp3) is 0.0800. The molecule has 0 saturated heterocycles. The van der Waals surface area contributed by atoms with Gasteiger partial charge in [0, 0.05) is 23.8 Å². The number of amides is 1. The van der Waals surface area contributed by atoms with Crippen molar-refractivity contribution in [3.63, 3.8) is 0 Å². The molecule has 12 heteroatoms. The zero-order chi connectivity index (χ0) is 26.6. The number of rotatable bonds is 8. The van der Waals surface area contributed by atoms with Crippen molar-refractivity contribution in [2.45, 2.75) is 17.4 Å². The van der Waals surface area contributed by atoms with E-state index in [0.717, 1.165) is 0 Å². The van der Waals surface area contributed by atoms with Gasteiger partial charge in [-0.1, -0.05) is 29.8 Å². The predicted molar refractivity (Wildman–Crippen MR) is 136 cm³/mol. The fourth-order valence-electron chi connectivity index (χ4n) is 3.57. The first kappa shape index (κ1) is 25.6. The Bertz CT molecular complexity index is 1650. The smallest absolute Gasteiger partial charge is 0.326 e. The van der Waals surface area contributed by atoms with Gasteiger partial charge in [-0.05, 0) is 48.0 Å². The minimum Gasteiger partial charge on any atom is -0.480 e. The van der Waals surface area contributed by atoms with Gasteiger partial charge in [0.25, 0.3) is 15.9 Å². The van der Waals surface area contributed by atoms with Crippen LogP contribution >= 0.6 is 11.6 Å². The van der Waals surface area contributed by atoms with E-state index in [1.807, 2.05) is 6.07 Å². The molecule has 186 valence electrons. The van der Waals surface area contributed by atoms with E-state index >= 15 is 0 Å². The number of hydrogen-bond acceptors (Lipinski definition) is 7. The number of nitrogens with one attached hydrogen (secondary N) is 2. The Balaban J connectivity index is 1.62. The molecule has 1 aromatic heterocycles. The number of aromatic nitrogens is 2. The van der Waals surface area contributed by atoms with E-state index in [2.05, 4.69) is 20.0 Å². The third kappa shape index (κ3) is 5.83. The number of sulfonamides is 1. The van der Waals surface area contributed by atoms with Gasteiger partial charge in [0.05, 0.1) is 28.4 Å². The van der Waals surface area contributed by atoms with Gasteiger partial charge in [-0.15, -0.1) is 0 Å². The first-order chi connectivity index (χ1) is 17.7. The molecule has 0 aliphatic carbocycles. The minimum absolute atomic E-state index is 0.0594. The van der Waals surface area contributed by atoms with Crippen molar-refractivity contribution in [3.8, 4) is 6.07 Å². The number of nitrogens with zero attached hydrogens (tertiary/aromatic N) is 3. The summed E-state index contributed by atoms with van der Waals surface area (Å²) in [6.07, 6.45) is 2.73. The number of anilines is 1. The second-order valence-corrected chi connectivity index (χ2v) is 9.94. The van der Waals surface area contributed by atoms with Crippen LogP contribution < -0.4 is 10.0 Å². The zero-order valence-corrected chi connectivity index (χ0v) is 20.5. The fourth-order valence-corrected chi connectivity index (χ4v) is 4.98. The number of carboxylic acid groups (broad SMARTS) is 1. The van der Waals surface area contributed by atoms with E-state index in [-0.39, 0.29) is 33.1 Å². The Morgan fingerprint density at radius 1 is 1.05 bits per heavy atom. The van der Waals surface area contributed by atoms with Crippen molar-refractivity contribution in [2.75, 3.05) is 4.72 Å². The molecule has 1 atom stereocenters. The summed E-state index contributed by atoms with van der Waals surface area (Å²) in [6.45, 7) is 0. The van der Waals surface area contributed by atoms with Crippen LogP contribution in [0, 0.1) is 11.3 Å². The number of hydrogen-bond donors (Lipinski definition) is 3. The molecule has 3 aromatic carbocycles. The van der Waals surface area contributed by atoms with Crippen molar-refractivity contribution in [3.05, 3.63) is 94.8 Å². The van der Waals surface area contributed by atoms with Crippen LogP contribution in [-0.2, 0) is 21.2 Å². The summed E-state index contributed by atoms with van der Waals surface area (Å²) >= 11 is 6.07. The summed E-state index contributed by atoms with van der Waals surface area (Å²) in [6, 6.07) is 15.3. The monoisotopic (exact) mass is 535 g/mol. The molecule has 4 aromatic rings. The number of halogens is 1. The standard InChI is InChI=1S/C25H18ClN5O5S/c26-17-8-9-18(24(32)30-21(25(33)34)12-15-4-6-16(14-27)7-5-15)20(13-17)31-37(35,36)22-3-1-2-19-23(22)29-11-10-28-19/h1-11,13,21,31H,12H2,(H,30,32)(H,33,34). The van der Waals surface area contributed by atoms with Crippen molar-refractivity contribution >= 4 is 50.2 Å². The Labute approximate surface area is 216 Å². The number of carbonyl (C=O) groups excluding carboxylic acids is 1. The molecular weight excluding hydrogens is 518 g/mol. The molecule has 0 saturated carbocycles. The lowest BCUT2D eigenvalue weighted by molar-refractivity contribution is -0.139. The first-order valence-corrected chi connectivity index (χ1v) is 12.6. The molecule has 0 spiro atoms. The Morgan fingerprint density at radius 3 is 2.49 bits per heavy atom. The summed E-state index contributed by atoms with van der Waals surface area (Å²) in [7, 11) is -4.25. The number of nitriles is 1. The van der Waals surface area contributed by atoms with Crippen LogP contribution in [0.5, 0.6) is 0 Å². The summed E-state index contributed by atoms with van der Waals surface area (Å²) in [5, 5.41) is 21.2. The number of carbonyl (C=O) groups is 2. The number of benzene rings is 3. The van der Waals surface area contributed by atoms with Gasteiger partial charge in [0.1, 0.15) is 16.5 Å². The summed E-state index contributed by atoms with van der Waals surface area (Å²) in [5.41, 5.74) is 1.22. The van der Waals surface area contributed by atoms with Gasteiger partial charge in [-0.3, -0.25) is 19.5 Å². The maximum atomic E-state index is 13.3. The lowest BCUT2D eigenvalue weighted by atomic mass is 10.0. The quantitative estimate of drug-likeness (QED) is 0.309. The van der Waals surface area contributed by atoms with Crippen LogP contribution in [0.4, 0.5) is 5.69 Å². The maximum Gasteiger partial charge on any atom is 0.326 e. The van der Waals surface area contributed by atoms with Crippen LogP contribution in [0.1, 0.15) is 21.5 Å². The zero-order valence-electron chi connectivity index (χ0n) is 18.9. The SMILES string of the molecule is N#Cc1ccc(CC(NC(=O)c2ccc(Cl)cc2NS(=O)(=O)c2cccc3nccnc23)C(=O)O)cc1. The molecule has 0 bridgehead atoms. The molecular formula is C25H18ClN5O5S. The molecule has 4 rings (SSSR count). The highest BCUT2D eigenvalue weighted by molar-refractivity contribution is 7.93. The third-order valence-electron chi connectivity index (χ3n) is 5.35. The summed E-state index contributed by atoms with van der Waals surface area (Å²) in [4.78, 5) is 33.0. The van der Waals surface area contributed by atoms with Gasteiger partial charge in [0.2, 0.25) is 0 Å². The Hall–Kier alpha value is -4.53. The topological polar surface area (TPSA) is 162 Å². The maximum absolute atomic E-state index is 13.3. The van der Waals surface area contributed by atoms with Crippen LogP contribution in [0.2, 0.25) is 5.02 Å². The van der Waals surface area contributed by atoms with E-state index in [0.29, 0.717) is 16.6 Å². The highest BCUT2D eigenvalue weighted by Gasteiger charge is 2.25. The molecule has 0 aliphatic heterocycles. The average molecular weight is 536 g/mol. The van der Waals surface area contributed by atoms with Gasteiger partial charge < -0.3 is 10.4 Å². The normalized spacial score (nSPS) is 11.9. The highest BCUT2D eigenvalue weighted by atomic mass is 35.5. The highest BCUT2D eigenvalue weighted by Crippen LogP contribution is 2.27. The van der Waals surface area contributed by atoms with E-state index in [9.17, 15) is 23.1 Å². The molecule has 10 nitrogen and oxygen atoms in total. The van der Waals surface area contributed by atoms with Crippen molar-refractivity contribution in [2.24, 2.45) is 0 Å². The molecule has 0 radical (unpaired) electrons. The molecule has 3 N–H and O–H groups in total. The Kier molecular flexibility index (Phi) is 7.33. The molecule has 0 aliphatic rings. The van der Waals surface area contributed by atoms with Gasteiger partial charge in [0.15, 0.2) is 0 Å². The number of para-hydroxylation sites is 1. The average Bonchev–Trinajstić information content (AvgIpc) is 2.88. The number of aliphatic carboxylic acids is 1. The summed E-state index contributed by atoms with van der Waals surface area (Å²) in [5.74, 6) is -2.11. The first-order valence-electron chi connectivity index (χ1n) is 10.7. The Morgan fingerprint density at radius 2 is 1.78 bits per heavy atom. The van der Waals surface area contributed by atoms with Crippen molar-refractivity contribution in [1.29, 1.82) is 5.26 Å². The van der Waals surface area contributed by atoms with Crippen molar-refractivity contribution < 1.29 is 23.1 Å². The van der Waals surface area contributed by atoms with Crippen LogP contribution in [0.3, 0.4) is 0 Å². The van der Waals surface area contributed by atoms with Crippen LogP contribution in [-0.4, -0.2) is 41.4 Å². The number of fused-ring (bicyclic) bond motifs is 1. The molecule has 1 amide bonds. The van der Waals surface area contributed by atoms with E-state index in [1.165, 1.54) is 42.7 Å². The molecule has 0 fully saturated rings. The largest absolute Gasteiger partial charge is 0.480 e. The lowest BCUT2D eigenvalue weighted by Crippen LogP contribution is -2.42. The van der Waals surface area contributed by atoms with E-state index < -0.39 is 27.9 Å². The van der Waals surface area contributed by atoms with Crippen LogP contribution in [0.15, 0.2) is 78.0 Å². The van der Waals surface area contributed by atoms with Gasteiger partial charge in [-0.2, -0.15) is 5.26 Å². The second kappa shape index (κ2) is 10.6. The molecule has 1 unspecified atom stereocenters. The molecule has 1 heterocycles. The lowest BCUT2D eigenvalue weighted by Gasteiger charge is -2.17. The summed E-state index contributed by atoms with van der Waals surface area (Å²) < 4.78 is 28.9. The number of carboxylic acids is 1. The second-order valence-electron chi connectivity index (χ2n) is 7.85. The predicted octanol–water partition coefficient (Wildman–Crippen LogP) is 3.38. The van der Waals surface area contributed by atoms with E-state index in [4.69, 9.17) is 16.9 Å². The van der Waals surface area contributed by atoms with E-state index in [1.54, 1.807) is 30.3 Å². The van der Waals surface area contributed by atoms with Gasteiger partial charge >= 0.3 is 5.97 Å². The van der Waals surface area contributed by atoms with Crippen molar-refractivity contribution in [1.82, 2.24) is 15.3 Å². The molecule has 37 heavy (non-hydrogen) atoms. The van der Waals surface area contributed by atoms with Gasteiger partial charge in [-0.25, -0.2) is 13.2 Å². The third-order valence-corrected chi connectivity index (χ3v) is 6.98.